The number of para-hydroxylation sites is 1. The quantitative estimate of drug-likeness (QED) is 0.0227. The van der Waals surface area contributed by atoms with Crippen LogP contribution >= 0.6 is 22.6 Å². The number of aromatic nitrogens is 3. The molecule has 4 aromatic rings. The van der Waals surface area contributed by atoms with Crippen LogP contribution in [0.5, 0.6) is 0 Å². The van der Waals surface area contributed by atoms with Crippen LogP contribution in [-0.2, 0) is 86.4 Å². The van der Waals surface area contributed by atoms with E-state index in [1.54, 1.807) is 24.3 Å². The van der Waals surface area contributed by atoms with E-state index in [-0.39, 0.29) is 181 Å². The molecule has 560 valence electrons. The molecule has 0 spiro atoms. The Bertz CT molecular complexity index is 3300. The van der Waals surface area contributed by atoms with Gasteiger partial charge >= 0.3 is 23.9 Å². The van der Waals surface area contributed by atoms with Gasteiger partial charge in [-0.2, -0.15) is 0 Å². The van der Waals surface area contributed by atoms with E-state index in [0.717, 1.165) is 33.2 Å². The van der Waals surface area contributed by atoms with E-state index in [1.807, 2.05) is 72.5 Å². The molecular weight excluding hydrogens is 1440 g/mol. The first-order valence-electron chi connectivity index (χ1n) is 34.9. The van der Waals surface area contributed by atoms with E-state index in [4.69, 9.17) is 18.9 Å². The minimum Gasteiger partial charge on any atom is -0.480 e. The van der Waals surface area contributed by atoms with Crippen LogP contribution in [0.1, 0.15) is 88.7 Å². The molecule has 2 aliphatic rings. The molecule has 0 radical (unpaired) electrons. The highest BCUT2D eigenvalue weighted by atomic mass is 127. The molecule has 0 aliphatic carbocycles. The molecule has 1 aromatic heterocycles. The summed E-state index contributed by atoms with van der Waals surface area (Å²) in [6, 6.07) is 21.2. The van der Waals surface area contributed by atoms with Crippen molar-refractivity contribution < 1.29 is 87.3 Å². The van der Waals surface area contributed by atoms with Crippen LogP contribution in [0.2, 0.25) is 0 Å². The summed E-state index contributed by atoms with van der Waals surface area (Å²) in [5.74, 6) is -6.22. The lowest BCUT2D eigenvalue weighted by atomic mass is 9.95. The maximum atomic E-state index is 14.2. The van der Waals surface area contributed by atoms with Gasteiger partial charge in [-0.05, 0) is 96.9 Å². The number of rotatable bonds is 45. The van der Waals surface area contributed by atoms with Gasteiger partial charge in [0.1, 0.15) is 17.8 Å². The fraction of sp³-hybridized carbons (Fsp3) is 0.571. The van der Waals surface area contributed by atoms with E-state index < -0.39 is 47.8 Å². The Kier molecular flexibility index (Phi) is 37.8. The number of anilines is 1. The Balaban J connectivity index is 0.825. The number of hydrogen-bond acceptors (Lipinski definition) is 20. The van der Waals surface area contributed by atoms with Crippen LogP contribution in [0.3, 0.4) is 0 Å². The topological polar surface area (TPSA) is 396 Å². The average molecular weight is 1540 g/mol. The fourth-order valence-electron chi connectivity index (χ4n) is 11.6. The summed E-state index contributed by atoms with van der Waals surface area (Å²) >= 11 is 2.25. The summed E-state index contributed by atoms with van der Waals surface area (Å²) in [4.78, 5) is 134. The van der Waals surface area contributed by atoms with Gasteiger partial charge < -0.3 is 70.9 Å². The number of carboxylic acid groups (broad SMARTS) is 4. The highest BCUT2D eigenvalue weighted by Crippen LogP contribution is 2.41. The predicted molar refractivity (Wildman–Crippen MR) is 384 cm³/mol. The molecule has 102 heavy (non-hydrogen) atoms. The zero-order valence-electron chi connectivity index (χ0n) is 58.2. The molecule has 0 bridgehead atoms. The normalized spacial score (nSPS) is 14.6. The first-order chi connectivity index (χ1) is 49.3. The lowest BCUT2D eigenvalue weighted by Crippen LogP contribution is -2.51. The Hall–Kier alpha value is -8.09. The second kappa shape index (κ2) is 46.5. The molecule has 1 saturated heterocycles. The lowest BCUT2D eigenvalue weighted by molar-refractivity contribution is -0.142. The second-order valence-corrected chi connectivity index (χ2v) is 26.1. The number of carbonyl (C=O) groups is 10. The first kappa shape index (κ1) is 82.9. The summed E-state index contributed by atoms with van der Waals surface area (Å²) in [5.41, 5.74) is 5.38. The van der Waals surface area contributed by atoms with Crippen LogP contribution in [0.15, 0.2) is 72.8 Å². The van der Waals surface area contributed by atoms with E-state index >= 15 is 0 Å². The summed E-state index contributed by atoms with van der Waals surface area (Å²) in [5, 5.41) is 61.6. The zero-order valence-corrected chi connectivity index (χ0v) is 60.4. The van der Waals surface area contributed by atoms with Gasteiger partial charge in [-0.25, -0.2) is 9.48 Å². The van der Waals surface area contributed by atoms with Crippen molar-refractivity contribution in [1.82, 2.24) is 61.2 Å². The van der Waals surface area contributed by atoms with Crippen LogP contribution in [-0.4, -0.2) is 277 Å². The number of carboxylic acids is 4. The highest BCUT2D eigenvalue weighted by Gasteiger charge is 2.31. The van der Waals surface area contributed by atoms with E-state index in [0.29, 0.717) is 88.3 Å². The number of amides is 6. The van der Waals surface area contributed by atoms with E-state index in [9.17, 15) is 68.4 Å². The number of nitrogens with zero attached hydrogens (tertiary/aromatic N) is 8. The molecule has 3 aromatic carbocycles. The van der Waals surface area contributed by atoms with Crippen LogP contribution in [0.25, 0.3) is 22.5 Å². The van der Waals surface area contributed by atoms with Gasteiger partial charge in [0.25, 0.3) is 0 Å². The van der Waals surface area contributed by atoms with Crippen LogP contribution in [0.4, 0.5) is 5.69 Å². The average Bonchev–Trinajstić information content (AvgIpc) is 1.51. The summed E-state index contributed by atoms with van der Waals surface area (Å²) < 4.78 is 25.2. The number of aryl methyl sites for hydroxylation is 2. The van der Waals surface area contributed by atoms with Gasteiger partial charge in [0.2, 0.25) is 35.4 Å². The van der Waals surface area contributed by atoms with Crippen molar-refractivity contribution in [3.63, 3.8) is 0 Å². The van der Waals surface area contributed by atoms with Crippen molar-refractivity contribution in [3.8, 4) is 22.5 Å². The minimum atomic E-state index is -1.18. The smallest absolute Gasteiger partial charge is 0.326 e. The zero-order chi connectivity index (χ0) is 73.4. The summed E-state index contributed by atoms with van der Waals surface area (Å²) in [7, 11) is 0. The first-order valence-corrected chi connectivity index (χ1v) is 36.0. The minimum absolute atomic E-state index is 0.0177. The maximum Gasteiger partial charge on any atom is 0.326 e. The number of halogens is 1. The van der Waals surface area contributed by atoms with Crippen molar-refractivity contribution >= 4 is 87.6 Å². The third-order valence-electron chi connectivity index (χ3n) is 16.9. The van der Waals surface area contributed by atoms with E-state index in [2.05, 4.69) is 71.6 Å². The van der Waals surface area contributed by atoms with Crippen molar-refractivity contribution in [2.45, 2.75) is 109 Å². The predicted octanol–water partition coefficient (Wildman–Crippen LogP) is 2.56. The number of unbranched alkanes of at least 4 members (excludes halogenated alkanes) is 1. The molecule has 32 heteroatoms. The Labute approximate surface area is 608 Å². The molecule has 9 N–H and O–H groups in total. The summed E-state index contributed by atoms with van der Waals surface area (Å²) in [6.45, 7) is 6.58. The number of benzene rings is 3. The standard InChI is InChI=1S/C70H100IN13O18/c1-2-11-56(69(96)76-57(70(97)98)16-7-8-26-72-59(85)18-9-12-51-19-21-53(71)22-20-51)75-61(87)25-38-99-40-42-101-44-45-102-43-41-100-39-28-74-60(86)23-24-63(89)83-46-52-13-3-4-14-54(52)68-67(55-15-5-6-17-58(55)83)77-78-84(68)29-10-27-73-62(88)47-79-30-32-80(48-64(90)91)34-36-82(50-66(94)95)37-35-81(33-31-79)49-65(92)93/h3-6,13-15,17,19-22,56-57H,2,7-12,16,18,23-50H2,1H3,(H,72,85)(H,73,88)(H,74,86)(H,75,87)(H,76,96)(H,90,91)(H,92,93)(H,94,95)(H,97,98). The molecule has 6 amide bonds. The van der Waals surface area contributed by atoms with Gasteiger partial charge in [0, 0.05) is 119 Å². The molecule has 3 heterocycles. The third kappa shape index (κ3) is 31.2. The van der Waals surface area contributed by atoms with Gasteiger partial charge in [0.15, 0.2) is 0 Å². The second-order valence-electron chi connectivity index (χ2n) is 24.8. The number of hydrogen-bond donors (Lipinski definition) is 9. The Morgan fingerprint density at radius 2 is 1.04 bits per heavy atom. The van der Waals surface area contributed by atoms with Crippen molar-refractivity contribution in [2.75, 3.05) is 156 Å². The molecule has 0 saturated carbocycles. The molecule has 2 atom stereocenters. The highest BCUT2D eigenvalue weighted by molar-refractivity contribution is 14.1. The molecule has 1 fully saturated rings. The fourth-order valence-corrected chi connectivity index (χ4v) is 11.9. The molecule has 2 unspecified atom stereocenters. The number of ether oxygens (including phenoxy) is 4. The van der Waals surface area contributed by atoms with Gasteiger partial charge in [-0.1, -0.05) is 73.2 Å². The number of fused-ring (bicyclic) bond motifs is 5. The van der Waals surface area contributed by atoms with Gasteiger partial charge in [0.05, 0.1) is 97.0 Å². The molecule has 2 aliphatic heterocycles. The number of nitrogens with one attached hydrogen (secondary N) is 5. The summed E-state index contributed by atoms with van der Waals surface area (Å²) in [6.07, 6.45) is 4.29. The molecule has 31 nitrogen and oxygen atoms in total. The SMILES string of the molecule is CCCC(NC(=O)CCOCCOCCOCCOCCNC(=O)CCC(=O)N1Cc2ccccc2-c2c(nnn2CCCNC(=O)CN2CCN(CC(=O)O)CCN(CC(=O)O)CCN(CC(=O)O)CC2)-c2ccccc21)C(=O)NC(CCCCNC(=O)CCCc1ccc(I)cc1)C(=O)O. The maximum absolute atomic E-state index is 14.2. The number of carbonyl (C=O) groups excluding carboxylic acids is 6. The third-order valence-corrected chi connectivity index (χ3v) is 17.6. The Morgan fingerprint density at radius 1 is 0.510 bits per heavy atom. The Morgan fingerprint density at radius 3 is 1.64 bits per heavy atom. The van der Waals surface area contributed by atoms with Gasteiger partial charge in [-0.3, -0.25) is 62.8 Å². The van der Waals surface area contributed by atoms with Gasteiger partial charge in [-0.15, -0.1) is 5.10 Å². The van der Waals surface area contributed by atoms with E-state index in [1.165, 1.54) is 5.56 Å². The van der Waals surface area contributed by atoms with Crippen molar-refractivity contribution in [1.29, 1.82) is 0 Å². The monoisotopic (exact) mass is 1540 g/mol. The molecule has 6 rings (SSSR count). The van der Waals surface area contributed by atoms with Crippen molar-refractivity contribution in [2.24, 2.45) is 0 Å². The lowest BCUT2D eigenvalue weighted by Gasteiger charge is -2.32. The van der Waals surface area contributed by atoms with Crippen molar-refractivity contribution in [3.05, 3.63) is 87.5 Å². The van der Waals surface area contributed by atoms with Crippen LogP contribution < -0.4 is 31.5 Å². The molecular formula is C70H100IN13O18. The largest absolute Gasteiger partial charge is 0.480 e. The van der Waals surface area contributed by atoms with Crippen LogP contribution in [0, 0.1) is 3.57 Å². The number of aliphatic carboxylic acids is 4.